The molecule has 0 spiro atoms. The highest BCUT2D eigenvalue weighted by atomic mass is 35.5. The zero-order valence-electron chi connectivity index (χ0n) is 7.50. The van der Waals surface area contributed by atoms with Crippen LogP contribution in [0.4, 0.5) is 0 Å². The second-order valence-corrected chi connectivity index (χ2v) is 4.44. The monoisotopic (exact) mass is 218 g/mol. The summed E-state index contributed by atoms with van der Waals surface area (Å²) in [5.41, 5.74) is 1.13. The topological polar surface area (TPSA) is 37.3 Å². The number of hydrogen-bond donors (Lipinski definition) is 1. The van der Waals surface area contributed by atoms with E-state index in [0.717, 1.165) is 12.0 Å². The van der Waals surface area contributed by atoms with Crippen molar-refractivity contribution in [2.24, 2.45) is 0 Å². The van der Waals surface area contributed by atoms with Gasteiger partial charge in [-0.05, 0) is 23.3 Å². The first-order valence-electron chi connectivity index (χ1n) is 4.08. The summed E-state index contributed by atoms with van der Waals surface area (Å²) >= 11 is 7.07. The lowest BCUT2D eigenvalue weighted by Crippen LogP contribution is -2.02. The maximum Gasteiger partial charge on any atom is 0.338 e. The van der Waals surface area contributed by atoms with Gasteiger partial charge in [0.15, 0.2) is 0 Å². The van der Waals surface area contributed by atoms with E-state index in [9.17, 15) is 4.79 Å². The Morgan fingerprint density at radius 2 is 2.38 bits per heavy atom. The van der Waals surface area contributed by atoms with Crippen LogP contribution in [0.25, 0.3) is 0 Å². The second kappa shape index (κ2) is 4.11. The Morgan fingerprint density at radius 1 is 1.77 bits per heavy atom. The molecule has 1 heterocycles. The third-order valence-electron chi connectivity index (χ3n) is 2.13. The predicted molar refractivity (Wildman–Crippen MR) is 55.0 cm³/mol. The van der Waals surface area contributed by atoms with E-state index in [2.05, 4.69) is 0 Å². The third-order valence-corrected chi connectivity index (χ3v) is 3.37. The van der Waals surface area contributed by atoms with Crippen molar-refractivity contribution in [3.63, 3.8) is 0 Å². The molecule has 0 bridgehead atoms. The fraction of sp³-hybridized carbons (Fsp3) is 0.444. The number of rotatable bonds is 3. The van der Waals surface area contributed by atoms with Crippen molar-refractivity contribution in [2.45, 2.75) is 26.2 Å². The van der Waals surface area contributed by atoms with Gasteiger partial charge < -0.3 is 5.11 Å². The normalized spacial score (nSPS) is 12.8. The molecule has 0 radical (unpaired) electrons. The van der Waals surface area contributed by atoms with Crippen molar-refractivity contribution in [1.82, 2.24) is 0 Å². The number of aromatic carboxylic acids is 1. The molecule has 1 atom stereocenters. The van der Waals surface area contributed by atoms with Gasteiger partial charge in [0.25, 0.3) is 0 Å². The van der Waals surface area contributed by atoms with E-state index < -0.39 is 5.97 Å². The fourth-order valence-electron chi connectivity index (χ4n) is 1.14. The number of hydrogen-bond acceptors (Lipinski definition) is 2. The van der Waals surface area contributed by atoms with E-state index in [0.29, 0.717) is 4.34 Å². The maximum atomic E-state index is 10.8. The summed E-state index contributed by atoms with van der Waals surface area (Å²) in [5, 5.41) is 10.7. The highest BCUT2D eigenvalue weighted by molar-refractivity contribution is 7.15. The van der Waals surface area contributed by atoms with E-state index in [-0.39, 0.29) is 11.5 Å². The highest BCUT2D eigenvalue weighted by Gasteiger charge is 2.19. The molecule has 13 heavy (non-hydrogen) atoms. The van der Waals surface area contributed by atoms with Crippen LogP contribution >= 0.6 is 22.9 Å². The van der Waals surface area contributed by atoms with Crippen LogP contribution in [0.15, 0.2) is 5.38 Å². The average molecular weight is 219 g/mol. The quantitative estimate of drug-likeness (QED) is 0.842. The number of halogens is 1. The molecule has 0 aliphatic carbocycles. The zero-order valence-corrected chi connectivity index (χ0v) is 9.08. The lowest BCUT2D eigenvalue weighted by molar-refractivity contribution is 0.0696. The Bertz CT molecular complexity index is 319. The van der Waals surface area contributed by atoms with Crippen LogP contribution in [-0.4, -0.2) is 11.1 Å². The summed E-state index contributed by atoms with van der Waals surface area (Å²) in [7, 11) is 0. The first kappa shape index (κ1) is 10.5. The number of carboxylic acids is 1. The van der Waals surface area contributed by atoms with E-state index in [1.807, 2.05) is 19.2 Å². The van der Waals surface area contributed by atoms with Crippen molar-refractivity contribution >= 4 is 28.9 Å². The van der Waals surface area contributed by atoms with Gasteiger partial charge in [0.2, 0.25) is 0 Å². The molecule has 1 aromatic rings. The molecule has 1 unspecified atom stereocenters. The predicted octanol–water partition coefficient (Wildman–Crippen LogP) is 3.61. The minimum atomic E-state index is -0.929. The van der Waals surface area contributed by atoms with E-state index in [1.165, 1.54) is 11.3 Å². The van der Waals surface area contributed by atoms with Gasteiger partial charge in [0.05, 0.1) is 5.56 Å². The number of carbonyl (C=O) groups is 1. The maximum absolute atomic E-state index is 10.8. The average Bonchev–Trinajstić information content (AvgIpc) is 2.45. The molecular weight excluding hydrogens is 208 g/mol. The molecule has 0 fully saturated rings. The Morgan fingerprint density at radius 3 is 2.85 bits per heavy atom. The minimum absolute atomic E-state index is 0.259. The van der Waals surface area contributed by atoms with Crippen LogP contribution in [-0.2, 0) is 0 Å². The summed E-state index contributed by atoms with van der Waals surface area (Å²) in [4.78, 5) is 10.8. The van der Waals surface area contributed by atoms with Crippen molar-refractivity contribution < 1.29 is 9.90 Å². The molecule has 0 saturated carbocycles. The Kier molecular flexibility index (Phi) is 3.33. The zero-order chi connectivity index (χ0) is 10.0. The van der Waals surface area contributed by atoms with Crippen molar-refractivity contribution in [2.75, 3.05) is 0 Å². The largest absolute Gasteiger partial charge is 0.478 e. The first-order valence-corrected chi connectivity index (χ1v) is 5.33. The number of carboxylic acid groups (broad SMARTS) is 1. The van der Waals surface area contributed by atoms with Crippen LogP contribution in [0.1, 0.15) is 42.1 Å². The summed E-state index contributed by atoms with van der Waals surface area (Å²) in [6.45, 7) is 4.03. The van der Waals surface area contributed by atoms with Gasteiger partial charge in [-0.25, -0.2) is 4.79 Å². The van der Waals surface area contributed by atoms with Gasteiger partial charge >= 0.3 is 5.97 Å². The van der Waals surface area contributed by atoms with E-state index >= 15 is 0 Å². The van der Waals surface area contributed by atoms with Crippen LogP contribution in [0, 0.1) is 0 Å². The summed E-state index contributed by atoms with van der Waals surface area (Å²) < 4.78 is 0.378. The smallest absolute Gasteiger partial charge is 0.338 e. The summed E-state index contributed by atoms with van der Waals surface area (Å²) in [6.07, 6.45) is 0.924. The fourth-order valence-corrected chi connectivity index (χ4v) is 2.36. The lowest BCUT2D eigenvalue weighted by Gasteiger charge is -2.07. The molecule has 4 heteroatoms. The third kappa shape index (κ3) is 2.03. The molecule has 1 rings (SSSR count). The highest BCUT2D eigenvalue weighted by Crippen LogP contribution is 2.33. The second-order valence-electron chi connectivity index (χ2n) is 2.95. The molecule has 1 N–H and O–H groups in total. The first-order chi connectivity index (χ1) is 6.07. The standard InChI is InChI=1S/C9H11ClO2S/c1-3-5(2)6-4-13-8(10)7(6)9(11)12/h4-5H,3H2,1-2H3,(H,11,12). The molecule has 1 aromatic heterocycles. The molecule has 2 nitrogen and oxygen atoms in total. The molecule has 0 aliphatic rings. The molecule has 0 aromatic carbocycles. The Labute approximate surface area is 86.2 Å². The van der Waals surface area contributed by atoms with E-state index in [1.54, 1.807) is 0 Å². The van der Waals surface area contributed by atoms with Gasteiger partial charge in [-0.1, -0.05) is 25.4 Å². The van der Waals surface area contributed by atoms with Gasteiger partial charge in [0, 0.05) is 0 Å². The van der Waals surface area contributed by atoms with Crippen LogP contribution in [0.3, 0.4) is 0 Å². The molecule has 0 amide bonds. The van der Waals surface area contributed by atoms with Gasteiger partial charge in [0.1, 0.15) is 4.34 Å². The van der Waals surface area contributed by atoms with Crippen LogP contribution in [0.5, 0.6) is 0 Å². The summed E-state index contributed by atoms with van der Waals surface area (Å²) in [6, 6.07) is 0. The molecular formula is C9H11ClO2S. The van der Waals surface area contributed by atoms with Gasteiger partial charge in [-0.3, -0.25) is 0 Å². The van der Waals surface area contributed by atoms with Crippen LogP contribution in [0.2, 0.25) is 4.34 Å². The van der Waals surface area contributed by atoms with Crippen LogP contribution < -0.4 is 0 Å². The van der Waals surface area contributed by atoms with Gasteiger partial charge in [-0.15, -0.1) is 11.3 Å². The Balaban J connectivity index is 3.14. The van der Waals surface area contributed by atoms with Crippen molar-refractivity contribution in [3.05, 3.63) is 20.8 Å². The Hall–Kier alpha value is -0.540. The number of thiophene rings is 1. The van der Waals surface area contributed by atoms with E-state index in [4.69, 9.17) is 16.7 Å². The summed E-state index contributed by atoms with van der Waals surface area (Å²) in [5.74, 6) is -0.670. The van der Waals surface area contributed by atoms with Crippen molar-refractivity contribution in [3.8, 4) is 0 Å². The molecule has 0 saturated heterocycles. The van der Waals surface area contributed by atoms with Gasteiger partial charge in [-0.2, -0.15) is 0 Å². The SMILES string of the molecule is CCC(C)c1csc(Cl)c1C(=O)O. The minimum Gasteiger partial charge on any atom is -0.478 e. The molecule has 0 aliphatic heterocycles. The molecule has 72 valence electrons. The van der Waals surface area contributed by atoms with Crippen molar-refractivity contribution in [1.29, 1.82) is 0 Å². The lowest BCUT2D eigenvalue weighted by atomic mass is 9.98.